The van der Waals surface area contributed by atoms with Gasteiger partial charge in [0.25, 0.3) is 0 Å². The lowest BCUT2D eigenvalue weighted by molar-refractivity contribution is -0.385. The number of hydrogen-bond acceptors (Lipinski definition) is 5. The third-order valence-corrected chi connectivity index (χ3v) is 2.57. The molecule has 0 bridgehead atoms. The molecule has 0 spiro atoms. The Hall–Kier alpha value is -2.15. The highest BCUT2D eigenvalue weighted by Crippen LogP contribution is 2.35. The lowest BCUT2D eigenvalue weighted by Gasteiger charge is -2.13. The summed E-state index contributed by atoms with van der Waals surface area (Å²) in [6, 6.07) is 1.52. The molecule has 0 saturated carbocycles. The first-order valence-corrected chi connectivity index (χ1v) is 5.25. The average molecular weight is 254 g/mol. The standard InChI is InChI=1S/C11H14N2O5/c1-3-6-4-7(9(12)11(14)15)10(18-2)8(5-6)13(16)17/h4-5,9H,3,12H2,1-2H3,(H,14,15)/t9-/m0/s1. The molecule has 0 aromatic heterocycles. The number of nitro benzene ring substituents is 1. The number of rotatable bonds is 5. The molecule has 0 aliphatic rings. The molecule has 0 radical (unpaired) electrons. The highest BCUT2D eigenvalue weighted by Gasteiger charge is 2.26. The van der Waals surface area contributed by atoms with E-state index in [2.05, 4.69) is 0 Å². The topological polar surface area (TPSA) is 116 Å². The van der Waals surface area contributed by atoms with E-state index in [0.717, 1.165) is 0 Å². The molecule has 0 aliphatic heterocycles. The molecule has 7 heteroatoms. The van der Waals surface area contributed by atoms with Gasteiger partial charge >= 0.3 is 11.7 Å². The molecule has 0 heterocycles. The van der Waals surface area contributed by atoms with Crippen LogP contribution in [0.2, 0.25) is 0 Å². The molecule has 7 nitrogen and oxygen atoms in total. The molecule has 0 fully saturated rings. The van der Waals surface area contributed by atoms with Gasteiger partial charge in [-0.05, 0) is 18.1 Å². The van der Waals surface area contributed by atoms with Crippen molar-refractivity contribution in [3.8, 4) is 5.75 Å². The number of nitrogens with zero attached hydrogens (tertiary/aromatic N) is 1. The van der Waals surface area contributed by atoms with Crippen molar-refractivity contribution >= 4 is 11.7 Å². The Morgan fingerprint density at radius 1 is 1.61 bits per heavy atom. The first kappa shape index (κ1) is 13.9. The summed E-state index contributed by atoms with van der Waals surface area (Å²) >= 11 is 0. The van der Waals surface area contributed by atoms with Crippen molar-refractivity contribution in [1.82, 2.24) is 0 Å². The van der Waals surface area contributed by atoms with E-state index in [1.54, 1.807) is 0 Å². The van der Waals surface area contributed by atoms with E-state index in [4.69, 9.17) is 15.6 Å². The second kappa shape index (κ2) is 5.46. The van der Waals surface area contributed by atoms with E-state index in [9.17, 15) is 14.9 Å². The maximum Gasteiger partial charge on any atom is 0.325 e. The van der Waals surface area contributed by atoms with Crippen LogP contribution in [0.15, 0.2) is 12.1 Å². The molecular weight excluding hydrogens is 240 g/mol. The van der Waals surface area contributed by atoms with Crippen molar-refractivity contribution < 1.29 is 19.6 Å². The summed E-state index contributed by atoms with van der Waals surface area (Å²) in [5.41, 5.74) is 5.97. The smallest absolute Gasteiger partial charge is 0.325 e. The van der Waals surface area contributed by atoms with Crippen molar-refractivity contribution in [1.29, 1.82) is 0 Å². The van der Waals surface area contributed by atoms with Crippen molar-refractivity contribution in [2.24, 2.45) is 5.73 Å². The van der Waals surface area contributed by atoms with E-state index in [0.29, 0.717) is 12.0 Å². The summed E-state index contributed by atoms with van der Waals surface area (Å²) in [7, 11) is 1.24. The van der Waals surface area contributed by atoms with Crippen molar-refractivity contribution in [3.05, 3.63) is 33.4 Å². The van der Waals surface area contributed by atoms with Gasteiger partial charge in [0.05, 0.1) is 12.0 Å². The molecule has 1 aromatic rings. The van der Waals surface area contributed by atoms with Gasteiger partial charge in [0.1, 0.15) is 6.04 Å². The molecule has 1 atom stereocenters. The predicted molar refractivity (Wildman–Crippen MR) is 63.6 cm³/mol. The largest absolute Gasteiger partial charge is 0.490 e. The van der Waals surface area contributed by atoms with Crippen LogP contribution < -0.4 is 10.5 Å². The zero-order valence-electron chi connectivity index (χ0n) is 10.0. The Labute approximate surface area is 103 Å². The number of aliphatic carboxylic acids is 1. The van der Waals surface area contributed by atoms with E-state index in [-0.39, 0.29) is 17.0 Å². The molecule has 0 saturated heterocycles. The fraction of sp³-hybridized carbons (Fsp3) is 0.364. The summed E-state index contributed by atoms with van der Waals surface area (Å²) < 4.78 is 4.92. The Morgan fingerprint density at radius 3 is 2.61 bits per heavy atom. The summed E-state index contributed by atoms with van der Waals surface area (Å²) in [6.07, 6.45) is 0.532. The van der Waals surface area contributed by atoms with Crippen LogP contribution in [0.25, 0.3) is 0 Å². The molecule has 0 amide bonds. The van der Waals surface area contributed by atoms with Crippen LogP contribution in [0.5, 0.6) is 5.75 Å². The lowest BCUT2D eigenvalue weighted by Crippen LogP contribution is -2.22. The number of carboxylic acid groups (broad SMARTS) is 1. The van der Waals surface area contributed by atoms with Crippen LogP contribution in [0, 0.1) is 10.1 Å². The quantitative estimate of drug-likeness (QED) is 0.603. The summed E-state index contributed by atoms with van der Waals surface area (Å²) in [5, 5.41) is 19.8. The van der Waals surface area contributed by atoms with Crippen LogP contribution in [0.3, 0.4) is 0 Å². The number of nitro groups is 1. The number of ether oxygens (including phenoxy) is 1. The highest BCUT2D eigenvalue weighted by atomic mass is 16.6. The lowest BCUT2D eigenvalue weighted by atomic mass is 10.0. The monoisotopic (exact) mass is 254 g/mol. The predicted octanol–water partition coefficient (Wildman–Crippen LogP) is 1.25. The van der Waals surface area contributed by atoms with Crippen LogP contribution in [0.4, 0.5) is 5.69 Å². The molecule has 18 heavy (non-hydrogen) atoms. The minimum absolute atomic E-state index is 0.105. The SMILES string of the molecule is CCc1cc([C@H](N)C(=O)O)c(OC)c([N+](=O)[O-])c1. The third-order valence-electron chi connectivity index (χ3n) is 2.57. The van der Waals surface area contributed by atoms with Gasteiger partial charge in [0.2, 0.25) is 5.75 Å². The summed E-state index contributed by atoms with van der Waals surface area (Å²) in [5.74, 6) is -1.37. The number of methoxy groups -OCH3 is 1. The number of hydrogen-bond donors (Lipinski definition) is 2. The zero-order chi connectivity index (χ0) is 13.9. The molecule has 3 N–H and O–H groups in total. The van der Waals surface area contributed by atoms with Crippen LogP contribution >= 0.6 is 0 Å². The number of nitrogens with two attached hydrogens (primary N) is 1. The average Bonchev–Trinajstić information content (AvgIpc) is 2.35. The summed E-state index contributed by atoms with van der Waals surface area (Å²) in [6.45, 7) is 1.81. The van der Waals surface area contributed by atoms with Crippen molar-refractivity contribution in [2.45, 2.75) is 19.4 Å². The minimum atomic E-state index is -1.36. The Morgan fingerprint density at radius 2 is 2.22 bits per heavy atom. The molecule has 0 unspecified atom stereocenters. The molecule has 1 rings (SSSR count). The van der Waals surface area contributed by atoms with Gasteiger partial charge < -0.3 is 15.6 Å². The van der Waals surface area contributed by atoms with E-state index in [1.165, 1.54) is 19.2 Å². The maximum absolute atomic E-state index is 10.9. The highest BCUT2D eigenvalue weighted by molar-refractivity contribution is 5.77. The Bertz CT molecular complexity index is 487. The molecular formula is C11H14N2O5. The van der Waals surface area contributed by atoms with Gasteiger partial charge in [-0.3, -0.25) is 14.9 Å². The molecule has 1 aromatic carbocycles. The van der Waals surface area contributed by atoms with Gasteiger partial charge in [-0.15, -0.1) is 0 Å². The number of aryl methyl sites for hydroxylation is 1. The van der Waals surface area contributed by atoms with Gasteiger partial charge in [0.15, 0.2) is 0 Å². The van der Waals surface area contributed by atoms with Gasteiger partial charge in [-0.1, -0.05) is 6.92 Å². The normalized spacial score (nSPS) is 11.9. The first-order valence-electron chi connectivity index (χ1n) is 5.25. The Kier molecular flexibility index (Phi) is 4.22. The summed E-state index contributed by atoms with van der Waals surface area (Å²) in [4.78, 5) is 21.2. The molecule has 0 aliphatic carbocycles. The number of benzene rings is 1. The van der Waals surface area contributed by atoms with E-state index >= 15 is 0 Å². The number of carboxylic acids is 1. The second-order valence-electron chi connectivity index (χ2n) is 3.66. The zero-order valence-corrected chi connectivity index (χ0v) is 10.0. The van der Waals surface area contributed by atoms with Crippen LogP contribution in [-0.4, -0.2) is 23.1 Å². The Balaban J connectivity index is 3.51. The van der Waals surface area contributed by atoms with Gasteiger partial charge in [0, 0.05) is 11.6 Å². The van der Waals surface area contributed by atoms with Gasteiger partial charge in [-0.25, -0.2) is 0 Å². The fourth-order valence-electron chi connectivity index (χ4n) is 1.62. The van der Waals surface area contributed by atoms with Crippen molar-refractivity contribution in [2.75, 3.05) is 7.11 Å². The first-order chi connectivity index (χ1) is 8.42. The maximum atomic E-state index is 10.9. The second-order valence-corrected chi connectivity index (χ2v) is 3.66. The van der Waals surface area contributed by atoms with Gasteiger partial charge in [-0.2, -0.15) is 0 Å². The third kappa shape index (κ3) is 2.57. The molecule has 98 valence electrons. The van der Waals surface area contributed by atoms with Crippen molar-refractivity contribution in [3.63, 3.8) is 0 Å². The van der Waals surface area contributed by atoms with Crippen LogP contribution in [0.1, 0.15) is 24.1 Å². The fourth-order valence-corrected chi connectivity index (χ4v) is 1.62. The van der Waals surface area contributed by atoms with E-state index in [1.807, 2.05) is 6.92 Å². The van der Waals surface area contributed by atoms with E-state index < -0.39 is 16.9 Å². The number of carbonyl (C=O) groups is 1. The minimum Gasteiger partial charge on any atom is -0.490 e. The van der Waals surface area contributed by atoms with Crippen LogP contribution in [-0.2, 0) is 11.2 Å².